The molecule has 1 aromatic heterocycles. The highest BCUT2D eigenvalue weighted by Gasteiger charge is 2.45. The van der Waals surface area contributed by atoms with Crippen molar-refractivity contribution >= 4 is 11.8 Å². The lowest BCUT2D eigenvalue weighted by molar-refractivity contribution is -0.142. The van der Waals surface area contributed by atoms with Crippen LogP contribution in [-0.2, 0) is 16.0 Å². The van der Waals surface area contributed by atoms with Crippen LogP contribution >= 0.6 is 0 Å². The van der Waals surface area contributed by atoms with Crippen LogP contribution in [0.5, 0.6) is 0 Å². The number of piperidine rings is 1. The average molecular weight is 404 g/mol. The first-order chi connectivity index (χ1) is 14.6. The summed E-state index contributed by atoms with van der Waals surface area (Å²) in [6.07, 6.45) is 9.46. The van der Waals surface area contributed by atoms with Crippen LogP contribution in [0.1, 0.15) is 31.2 Å². The molecule has 4 rings (SSSR count). The third kappa shape index (κ3) is 4.30. The number of pyridine rings is 1. The zero-order valence-electron chi connectivity index (χ0n) is 17.3. The lowest BCUT2D eigenvalue weighted by Crippen LogP contribution is -2.54. The Morgan fingerprint density at radius 2 is 1.97 bits per heavy atom. The Bertz CT molecular complexity index is 923. The number of rotatable bonds is 7. The fourth-order valence-electron chi connectivity index (χ4n) is 4.52. The molecule has 5 heteroatoms. The number of hydrogen-bond donors (Lipinski definition) is 1. The van der Waals surface area contributed by atoms with E-state index in [4.69, 9.17) is 0 Å². The molecule has 2 amide bonds. The van der Waals surface area contributed by atoms with Crippen molar-refractivity contribution in [1.29, 1.82) is 0 Å². The quantitative estimate of drug-likeness (QED) is 0.719. The van der Waals surface area contributed by atoms with Crippen molar-refractivity contribution in [3.05, 3.63) is 67.0 Å². The summed E-state index contributed by atoms with van der Waals surface area (Å²) in [4.78, 5) is 32.2. The minimum atomic E-state index is -0.630. The highest BCUT2D eigenvalue weighted by Crippen LogP contribution is 2.39. The van der Waals surface area contributed by atoms with Gasteiger partial charge in [0.05, 0.1) is 5.41 Å². The van der Waals surface area contributed by atoms with Crippen LogP contribution in [0.3, 0.4) is 0 Å². The van der Waals surface area contributed by atoms with E-state index in [0.29, 0.717) is 19.5 Å². The Morgan fingerprint density at radius 3 is 2.70 bits per heavy atom. The number of nitrogens with one attached hydrogen (secondary N) is 1. The van der Waals surface area contributed by atoms with E-state index in [9.17, 15) is 9.59 Å². The highest BCUT2D eigenvalue weighted by atomic mass is 16.2. The van der Waals surface area contributed by atoms with Gasteiger partial charge in [0.1, 0.15) is 0 Å². The Kier molecular flexibility index (Phi) is 5.98. The first kappa shape index (κ1) is 20.3. The Balaban J connectivity index is 1.66. The van der Waals surface area contributed by atoms with Crippen LogP contribution in [-0.4, -0.2) is 41.3 Å². The van der Waals surface area contributed by atoms with Gasteiger partial charge in [-0.1, -0.05) is 30.3 Å². The van der Waals surface area contributed by atoms with Crippen molar-refractivity contribution in [3.8, 4) is 11.1 Å². The number of carbonyl (C=O) groups excluding carboxylic acids is 2. The molecule has 1 atom stereocenters. The van der Waals surface area contributed by atoms with Gasteiger partial charge in [0, 0.05) is 37.9 Å². The second kappa shape index (κ2) is 8.82. The predicted molar refractivity (Wildman–Crippen MR) is 118 cm³/mol. The van der Waals surface area contributed by atoms with Gasteiger partial charge in [0.25, 0.3) is 0 Å². The van der Waals surface area contributed by atoms with Crippen molar-refractivity contribution in [2.24, 2.45) is 11.3 Å². The van der Waals surface area contributed by atoms with E-state index in [1.54, 1.807) is 18.5 Å². The zero-order chi connectivity index (χ0) is 21.0. The molecular formula is C25H29N3O2. The molecule has 30 heavy (non-hydrogen) atoms. The van der Waals surface area contributed by atoms with Gasteiger partial charge in [-0.2, -0.15) is 0 Å². The second-order valence-corrected chi connectivity index (χ2v) is 8.49. The molecule has 0 spiro atoms. The van der Waals surface area contributed by atoms with E-state index < -0.39 is 5.41 Å². The maximum atomic E-state index is 13.4. The van der Waals surface area contributed by atoms with Crippen LogP contribution < -0.4 is 5.32 Å². The van der Waals surface area contributed by atoms with Crippen molar-refractivity contribution in [1.82, 2.24) is 15.2 Å². The maximum Gasteiger partial charge on any atom is 0.228 e. The monoisotopic (exact) mass is 403 g/mol. The van der Waals surface area contributed by atoms with Crippen LogP contribution in [0.2, 0.25) is 0 Å². The van der Waals surface area contributed by atoms with E-state index in [0.717, 1.165) is 48.9 Å². The van der Waals surface area contributed by atoms with Gasteiger partial charge in [0.2, 0.25) is 11.8 Å². The van der Waals surface area contributed by atoms with Crippen molar-refractivity contribution < 1.29 is 9.59 Å². The molecule has 156 valence electrons. The third-order valence-electron chi connectivity index (χ3n) is 6.24. The van der Waals surface area contributed by atoms with E-state index >= 15 is 0 Å². The van der Waals surface area contributed by atoms with Gasteiger partial charge in [-0.3, -0.25) is 14.6 Å². The van der Waals surface area contributed by atoms with Crippen molar-refractivity contribution in [2.45, 2.75) is 32.1 Å². The van der Waals surface area contributed by atoms with E-state index in [2.05, 4.69) is 29.0 Å². The minimum Gasteiger partial charge on any atom is -0.352 e. The smallest absolute Gasteiger partial charge is 0.228 e. The summed E-state index contributed by atoms with van der Waals surface area (Å²) in [5, 5.41) is 3.02. The standard InChI is InChI=1S/C25H29N3O2/c1-2-13-27-24(30)25(12-5-16-28(18-25)23(29)20-8-9-20)17-21-6-3-4-7-22(21)19-10-14-26-15-11-19/h2-4,6-7,10-11,14-15,20H,1,5,8-9,12-13,16-18H2,(H,27,30)/t25-/m1/s1. The molecule has 2 fully saturated rings. The molecule has 1 N–H and O–H groups in total. The minimum absolute atomic E-state index is 0.0141. The van der Waals surface area contributed by atoms with Gasteiger partial charge in [-0.05, 0) is 60.9 Å². The van der Waals surface area contributed by atoms with Crippen molar-refractivity contribution in [3.63, 3.8) is 0 Å². The predicted octanol–water partition coefficient (Wildman–Crippen LogP) is 3.61. The molecule has 5 nitrogen and oxygen atoms in total. The fraction of sp³-hybridized carbons (Fsp3) is 0.400. The lowest BCUT2D eigenvalue weighted by atomic mass is 9.73. The Hall–Kier alpha value is -2.95. The summed E-state index contributed by atoms with van der Waals surface area (Å²) in [6, 6.07) is 12.2. The third-order valence-corrected chi connectivity index (χ3v) is 6.24. The molecule has 2 aromatic rings. The molecule has 0 radical (unpaired) electrons. The zero-order valence-corrected chi connectivity index (χ0v) is 17.3. The molecule has 1 saturated heterocycles. The van der Waals surface area contributed by atoms with Gasteiger partial charge in [-0.15, -0.1) is 6.58 Å². The number of nitrogens with zero attached hydrogens (tertiary/aromatic N) is 2. The molecule has 1 aliphatic carbocycles. The van der Waals surface area contributed by atoms with E-state index in [1.807, 2.05) is 29.2 Å². The fourth-order valence-corrected chi connectivity index (χ4v) is 4.52. The largest absolute Gasteiger partial charge is 0.352 e. The number of carbonyl (C=O) groups is 2. The number of likely N-dealkylation sites (tertiary alicyclic amines) is 1. The van der Waals surface area contributed by atoms with Crippen LogP contribution in [0.15, 0.2) is 61.4 Å². The number of hydrogen-bond acceptors (Lipinski definition) is 3. The second-order valence-electron chi connectivity index (χ2n) is 8.49. The average Bonchev–Trinajstić information content (AvgIpc) is 3.63. The Labute approximate surface area is 178 Å². The van der Waals surface area contributed by atoms with Gasteiger partial charge >= 0.3 is 0 Å². The maximum absolute atomic E-state index is 13.4. The SMILES string of the molecule is C=CCNC(=O)[C@@]1(Cc2ccccc2-c2ccncc2)CCCN(C(=O)C2CC2)C1. The number of amides is 2. The molecule has 1 aliphatic heterocycles. The first-order valence-electron chi connectivity index (χ1n) is 10.8. The topological polar surface area (TPSA) is 62.3 Å². The van der Waals surface area contributed by atoms with Gasteiger partial charge in [0.15, 0.2) is 0 Å². The molecule has 0 bridgehead atoms. The molecule has 2 heterocycles. The molecule has 2 aliphatic rings. The van der Waals surface area contributed by atoms with Crippen molar-refractivity contribution in [2.75, 3.05) is 19.6 Å². The normalized spacial score (nSPS) is 21.1. The molecular weight excluding hydrogens is 374 g/mol. The van der Waals surface area contributed by atoms with Gasteiger partial charge in [-0.25, -0.2) is 0 Å². The van der Waals surface area contributed by atoms with E-state index in [1.165, 1.54) is 0 Å². The van der Waals surface area contributed by atoms with Crippen LogP contribution in [0.25, 0.3) is 11.1 Å². The molecule has 0 unspecified atom stereocenters. The summed E-state index contributed by atoms with van der Waals surface area (Å²) in [7, 11) is 0. The Morgan fingerprint density at radius 1 is 1.20 bits per heavy atom. The summed E-state index contributed by atoms with van der Waals surface area (Å²) in [5.41, 5.74) is 2.69. The number of aromatic nitrogens is 1. The summed E-state index contributed by atoms with van der Waals surface area (Å²) < 4.78 is 0. The number of benzene rings is 1. The highest BCUT2D eigenvalue weighted by molar-refractivity contribution is 5.86. The van der Waals surface area contributed by atoms with E-state index in [-0.39, 0.29) is 17.7 Å². The summed E-state index contributed by atoms with van der Waals surface area (Å²) in [5.74, 6) is 0.402. The lowest BCUT2D eigenvalue weighted by Gasteiger charge is -2.42. The van der Waals surface area contributed by atoms with Gasteiger partial charge < -0.3 is 10.2 Å². The molecule has 1 aromatic carbocycles. The molecule has 1 saturated carbocycles. The first-order valence-corrected chi connectivity index (χ1v) is 10.8. The van der Waals surface area contributed by atoms with Crippen LogP contribution in [0.4, 0.5) is 0 Å². The van der Waals surface area contributed by atoms with Crippen LogP contribution in [0, 0.1) is 11.3 Å². The summed E-state index contributed by atoms with van der Waals surface area (Å²) in [6.45, 7) is 5.39. The summed E-state index contributed by atoms with van der Waals surface area (Å²) >= 11 is 0.